The molecule has 2 aromatic rings. The van der Waals surface area contributed by atoms with E-state index in [-0.39, 0.29) is 17.3 Å². The molecule has 8 heteroatoms. The van der Waals surface area contributed by atoms with E-state index < -0.39 is 24.1 Å². The van der Waals surface area contributed by atoms with Crippen molar-refractivity contribution in [3.05, 3.63) is 64.2 Å². The van der Waals surface area contributed by atoms with Crippen LogP contribution in [0.15, 0.2) is 48.5 Å². The molecule has 1 amide bonds. The van der Waals surface area contributed by atoms with E-state index >= 15 is 0 Å². The summed E-state index contributed by atoms with van der Waals surface area (Å²) in [4.78, 5) is 36.2. The standard InChI is InChI=1S/C19H18N2O6/c22-18(20-11-5-7-14-6-1-2-8-15(14)20)12-27-19(23)13-26-17-10-4-3-9-16(17)21(24)25/h1-4,6,8-10H,5,7,11-13H2. The number of rotatable bonds is 6. The molecule has 0 aliphatic carbocycles. The molecular formula is C19H18N2O6. The second-order valence-electron chi connectivity index (χ2n) is 5.95. The number of aryl methyl sites for hydroxylation is 1. The van der Waals surface area contributed by atoms with Gasteiger partial charge in [0.05, 0.1) is 4.92 Å². The molecular weight excluding hydrogens is 352 g/mol. The van der Waals surface area contributed by atoms with Crippen LogP contribution in [-0.2, 0) is 20.7 Å². The Balaban J connectivity index is 1.53. The van der Waals surface area contributed by atoms with E-state index in [4.69, 9.17) is 9.47 Å². The van der Waals surface area contributed by atoms with Crippen LogP contribution in [0.5, 0.6) is 5.75 Å². The van der Waals surface area contributed by atoms with Crippen molar-refractivity contribution in [2.75, 3.05) is 24.7 Å². The van der Waals surface area contributed by atoms with Crippen LogP contribution in [-0.4, -0.2) is 36.6 Å². The molecule has 0 saturated carbocycles. The Kier molecular flexibility index (Phi) is 5.65. The van der Waals surface area contributed by atoms with Crippen molar-refractivity contribution >= 4 is 23.3 Å². The summed E-state index contributed by atoms with van der Waals surface area (Å²) in [5.74, 6) is -1.12. The third kappa shape index (κ3) is 4.41. The number of nitro groups is 1. The number of carbonyl (C=O) groups excluding carboxylic acids is 2. The highest BCUT2D eigenvalue weighted by Gasteiger charge is 2.23. The van der Waals surface area contributed by atoms with E-state index in [2.05, 4.69) is 0 Å². The van der Waals surface area contributed by atoms with Crippen LogP contribution in [0.2, 0.25) is 0 Å². The quantitative estimate of drug-likeness (QED) is 0.440. The number of hydrogen-bond acceptors (Lipinski definition) is 6. The van der Waals surface area contributed by atoms with Crippen LogP contribution in [0.1, 0.15) is 12.0 Å². The third-order valence-electron chi connectivity index (χ3n) is 4.18. The van der Waals surface area contributed by atoms with Crippen molar-refractivity contribution in [1.82, 2.24) is 0 Å². The lowest BCUT2D eigenvalue weighted by Crippen LogP contribution is -2.38. The molecule has 0 spiro atoms. The lowest BCUT2D eigenvalue weighted by molar-refractivity contribution is -0.385. The summed E-state index contributed by atoms with van der Waals surface area (Å²) < 4.78 is 10.1. The van der Waals surface area contributed by atoms with Gasteiger partial charge in [0, 0.05) is 18.3 Å². The van der Waals surface area contributed by atoms with E-state index in [1.807, 2.05) is 24.3 Å². The van der Waals surface area contributed by atoms with Crippen molar-refractivity contribution in [3.63, 3.8) is 0 Å². The first-order chi connectivity index (χ1) is 13.1. The van der Waals surface area contributed by atoms with Crippen LogP contribution in [0.3, 0.4) is 0 Å². The highest BCUT2D eigenvalue weighted by Crippen LogP contribution is 2.27. The number of anilines is 1. The van der Waals surface area contributed by atoms with Crippen molar-refractivity contribution in [1.29, 1.82) is 0 Å². The number of carbonyl (C=O) groups is 2. The molecule has 27 heavy (non-hydrogen) atoms. The first-order valence-electron chi connectivity index (χ1n) is 8.46. The SMILES string of the molecule is O=C(COc1ccccc1[N+](=O)[O-])OCC(=O)N1CCCc2ccccc21. The summed E-state index contributed by atoms with van der Waals surface area (Å²) in [5, 5.41) is 10.9. The normalized spacial score (nSPS) is 12.8. The van der Waals surface area contributed by atoms with Crippen molar-refractivity contribution < 1.29 is 24.0 Å². The maximum absolute atomic E-state index is 12.4. The monoisotopic (exact) mass is 370 g/mol. The number of para-hydroxylation sites is 3. The van der Waals surface area contributed by atoms with Gasteiger partial charge in [-0.3, -0.25) is 14.9 Å². The highest BCUT2D eigenvalue weighted by atomic mass is 16.6. The molecule has 1 aliphatic heterocycles. The van der Waals surface area contributed by atoms with Crippen LogP contribution in [0, 0.1) is 10.1 Å². The zero-order chi connectivity index (χ0) is 19.2. The summed E-state index contributed by atoms with van der Waals surface area (Å²) >= 11 is 0. The molecule has 0 atom stereocenters. The molecule has 0 fully saturated rings. The van der Waals surface area contributed by atoms with Crippen molar-refractivity contribution in [3.8, 4) is 5.75 Å². The predicted molar refractivity (Wildman–Crippen MR) is 96.7 cm³/mol. The van der Waals surface area contributed by atoms with Crippen molar-refractivity contribution in [2.24, 2.45) is 0 Å². The first kappa shape index (κ1) is 18.4. The molecule has 0 radical (unpaired) electrons. The Labute approximate surface area is 155 Å². The summed E-state index contributed by atoms with van der Waals surface area (Å²) in [5.41, 5.74) is 1.68. The largest absolute Gasteiger partial charge is 0.475 e. The van der Waals surface area contributed by atoms with Gasteiger partial charge < -0.3 is 14.4 Å². The fraction of sp³-hybridized carbons (Fsp3) is 0.263. The molecule has 0 bridgehead atoms. The Bertz CT molecular complexity index is 867. The van der Waals surface area contributed by atoms with Gasteiger partial charge in [-0.05, 0) is 30.5 Å². The number of amides is 1. The van der Waals surface area contributed by atoms with Gasteiger partial charge in [0.15, 0.2) is 19.0 Å². The van der Waals surface area contributed by atoms with Gasteiger partial charge in [-0.15, -0.1) is 0 Å². The minimum Gasteiger partial charge on any atom is -0.475 e. The van der Waals surface area contributed by atoms with E-state index in [9.17, 15) is 19.7 Å². The third-order valence-corrected chi connectivity index (χ3v) is 4.18. The first-order valence-corrected chi connectivity index (χ1v) is 8.46. The van der Waals surface area contributed by atoms with Crippen molar-refractivity contribution in [2.45, 2.75) is 12.8 Å². The van der Waals surface area contributed by atoms with Crippen LogP contribution in [0.4, 0.5) is 11.4 Å². The van der Waals surface area contributed by atoms with Gasteiger partial charge in [0.25, 0.3) is 5.91 Å². The number of esters is 1. The molecule has 3 rings (SSSR count). The molecule has 0 aromatic heterocycles. The average molecular weight is 370 g/mol. The second-order valence-corrected chi connectivity index (χ2v) is 5.95. The van der Waals surface area contributed by atoms with E-state index in [1.54, 1.807) is 11.0 Å². The number of ether oxygens (including phenoxy) is 2. The molecule has 0 N–H and O–H groups in total. The number of hydrogen-bond donors (Lipinski definition) is 0. The zero-order valence-corrected chi connectivity index (χ0v) is 14.5. The minimum absolute atomic E-state index is 0.0317. The lowest BCUT2D eigenvalue weighted by Gasteiger charge is -2.29. The molecule has 140 valence electrons. The lowest BCUT2D eigenvalue weighted by atomic mass is 10.0. The Morgan fingerprint density at radius 2 is 1.81 bits per heavy atom. The van der Waals surface area contributed by atoms with Gasteiger partial charge in [0.1, 0.15) is 0 Å². The van der Waals surface area contributed by atoms with Crippen LogP contribution >= 0.6 is 0 Å². The van der Waals surface area contributed by atoms with E-state index in [0.29, 0.717) is 6.54 Å². The maximum Gasteiger partial charge on any atom is 0.344 e. The number of nitrogens with zero attached hydrogens (tertiary/aromatic N) is 2. The van der Waals surface area contributed by atoms with E-state index in [0.717, 1.165) is 24.1 Å². The molecule has 2 aromatic carbocycles. The summed E-state index contributed by atoms with van der Waals surface area (Å²) in [6, 6.07) is 13.3. The fourth-order valence-electron chi connectivity index (χ4n) is 2.92. The molecule has 1 aliphatic rings. The topological polar surface area (TPSA) is 99.0 Å². The second kappa shape index (κ2) is 8.31. The molecule has 8 nitrogen and oxygen atoms in total. The van der Waals surface area contributed by atoms with E-state index in [1.165, 1.54) is 18.2 Å². The molecule has 1 heterocycles. The number of benzene rings is 2. The Hall–Kier alpha value is -3.42. The molecule has 0 unspecified atom stereocenters. The Morgan fingerprint density at radius 3 is 2.63 bits per heavy atom. The number of nitro benzene ring substituents is 1. The highest BCUT2D eigenvalue weighted by molar-refractivity contribution is 5.96. The van der Waals surface area contributed by atoms with Crippen LogP contribution in [0.25, 0.3) is 0 Å². The smallest absolute Gasteiger partial charge is 0.344 e. The summed E-state index contributed by atoms with van der Waals surface area (Å²) in [7, 11) is 0. The number of fused-ring (bicyclic) bond motifs is 1. The summed E-state index contributed by atoms with van der Waals surface area (Å²) in [6.07, 6.45) is 1.75. The van der Waals surface area contributed by atoms with Crippen LogP contribution < -0.4 is 9.64 Å². The molecule has 0 saturated heterocycles. The predicted octanol–water partition coefficient (Wildman–Crippen LogP) is 2.50. The van der Waals surface area contributed by atoms with Gasteiger partial charge in [-0.25, -0.2) is 4.79 Å². The fourth-order valence-corrected chi connectivity index (χ4v) is 2.92. The maximum atomic E-state index is 12.4. The Morgan fingerprint density at radius 1 is 1.07 bits per heavy atom. The van der Waals surface area contributed by atoms with Gasteiger partial charge in [-0.2, -0.15) is 0 Å². The van der Waals surface area contributed by atoms with Gasteiger partial charge >= 0.3 is 11.7 Å². The minimum atomic E-state index is -0.771. The van der Waals surface area contributed by atoms with Gasteiger partial charge in [0.2, 0.25) is 0 Å². The summed E-state index contributed by atoms with van der Waals surface area (Å²) in [6.45, 7) is -0.359. The average Bonchev–Trinajstić information content (AvgIpc) is 2.70. The zero-order valence-electron chi connectivity index (χ0n) is 14.5. The van der Waals surface area contributed by atoms with Gasteiger partial charge in [-0.1, -0.05) is 30.3 Å².